The van der Waals surface area contributed by atoms with Crippen LogP contribution in [0.4, 0.5) is 0 Å². The van der Waals surface area contributed by atoms with E-state index in [9.17, 15) is 4.79 Å². The van der Waals surface area contributed by atoms with Crippen LogP contribution in [0.25, 0.3) is 6.08 Å². The zero-order chi connectivity index (χ0) is 11.5. The van der Waals surface area contributed by atoms with E-state index in [0.29, 0.717) is 12.0 Å². The summed E-state index contributed by atoms with van der Waals surface area (Å²) in [5.74, 6) is 0.670. The number of amides is 1. The third-order valence-electron chi connectivity index (χ3n) is 2.74. The smallest absolute Gasteiger partial charge is 0.244 e. The summed E-state index contributed by atoms with van der Waals surface area (Å²) in [4.78, 5) is 15.8. The van der Waals surface area contributed by atoms with Gasteiger partial charge in [-0.05, 0) is 38.7 Å². The molecule has 1 saturated carbocycles. The highest BCUT2D eigenvalue weighted by molar-refractivity contribution is 7.09. The van der Waals surface area contributed by atoms with Crippen molar-refractivity contribution in [2.24, 2.45) is 5.92 Å². The Bertz CT molecular complexity index is 407. The van der Waals surface area contributed by atoms with Gasteiger partial charge in [-0.2, -0.15) is 0 Å². The van der Waals surface area contributed by atoms with Crippen molar-refractivity contribution in [2.75, 3.05) is 0 Å². The first-order valence-electron chi connectivity index (χ1n) is 5.56. The van der Waals surface area contributed by atoms with Crippen molar-refractivity contribution in [3.63, 3.8) is 0 Å². The first kappa shape index (κ1) is 11.3. The average molecular weight is 236 g/mol. The van der Waals surface area contributed by atoms with Crippen LogP contribution in [0.1, 0.15) is 30.5 Å². The van der Waals surface area contributed by atoms with Crippen LogP contribution in [0.5, 0.6) is 0 Å². The normalized spacial score (nSPS) is 17.6. The molecule has 86 valence electrons. The number of nitrogens with one attached hydrogen (secondary N) is 1. The minimum atomic E-state index is -0.0231. The molecule has 1 N–H and O–H groups in total. The second-order valence-corrected chi connectivity index (χ2v) is 5.32. The fourth-order valence-electron chi connectivity index (χ4n) is 1.60. The summed E-state index contributed by atoms with van der Waals surface area (Å²) < 4.78 is 0. The fraction of sp³-hybridized carbons (Fsp3) is 0.500. The Hall–Kier alpha value is -1.16. The molecule has 2 rings (SSSR count). The van der Waals surface area contributed by atoms with E-state index >= 15 is 0 Å². The van der Waals surface area contributed by atoms with E-state index in [4.69, 9.17) is 0 Å². The molecule has 0 aromatic carbocycles. The molecule has 1 atom stereocenters. The van der Waals surface area contributed by atoms with Crippen molar-refractivity contribution in [3.8, 4) is 0 Å². The summed E-state index contributed by atoms with van der Waals surface area (Å²) in [5, 5.41) is 5.94. The number of carbonyl (C=O) groups excluding carboxylic acids is 1. The number of rotatable bonds is 4. The minimum absolute atomic E-state index is 0.0231. The van der Waals surface area contributed by atoms with E-state index < -0.39 is 0 Å². The van der Waals surface area contributed by atoms with Crippen LogP contribution in [0.3, 0.4) is 0 Å². The van der Waals surface area contributed by atoms with Gasteiger partial charge in [0.1, 0.15) is 0 Å². The Morgan fingerprint density at radius 3 is 3.00 bits per heavy atom. The van der Waals surface area contributed by atoms with Gasteiger partial charge in [0.25, 0.3) is 0 Å². The summed E-state index contributed by atoms with van der Waals surface area (Å²) >= 11 is 1.59. The molecule has 1 heterocycles. The molecule has 0 spiro atoms. The largest absolute Gasteiger partial charge is 0.350 e. The predicted molar refractivity (Wildman–Crippen MR) is 66.2 cm³/mol. The molecular formula is C12H16N2OS. The molecule has 1 aliphatic carbocycles. The molecule has 1 amide bonds. The Morgan fingerprint density at radius 1 is 1.69 bits per heavy atom. The van der Waals surface area contributed by atoms with E-state index in [-0.39, 0.29) is 5.91 Å². The molecular weight excluding hydrogens is 220 g/mol. The Labute approximate surface area is 99.6 Å². The standard InChI is InChI=1S/C12H16N2OS/c1-8(10-3-4-10)13-12(15)6-5-11-7-16-9(2)14-11/h5-8,10H,3-4H2,1-2H3,(H,13,15). The van der Waals surface area contributed by atoms with Crippen LogP contribution >= 0.6 is 11.3 Å². The number of nitrogens with zero attached hydrogens (tertiary/aromatic N) is 1. The van der Waals surface area contributed by atoms with Gasteiger partial charge in [-0.3, -0.25) is 4.79 Å². The second kappa shape index (κ2) is 4.78. The SMILES string of the molecule is Cc1nc(C=CC(=O)NC(C)C2CC2)cs1. The predicted octanol–water partition coefficient (Wildman–Crippen LogP) is 2.38. The van der Waals surface area contributed by atoms with Gasteiger partial charge in [0.2, 0.25) is 5.91 Å². The fourth-order valence-corrected chi connectivity index (χ4v) is 2.19. The van der Waals surface area contributed by atoms with Crippen LogP contribution in [0, 0.1) is 12.8 Å². The van der Waals surface area contributed by atoms with Crippen molar-refractivity contribution >= 4 is 23.3 Å². The molecule has 0 bridgehead atoms. The highest BCUT2D eigenvalue weighted by Crippen LogP contribution is 2.32. The zero-order valence-electron chi connectivity index (χ0n) is 9.56. The van der Waals surface area contributed by atoms with Gasteiger partial charge in [0.05, 0.1) is 10.7 Å². The van der Waals surface area contributed by atoms with Crippen molar-refractivity contribution in [2.45, 2.75) is 32.7 Å². The molecule has 0 aliphatic heterocycles. The van der Waals surface area contributed by atoms with Crippen molar-refractivity contribution in [1.82, 2.24) is 10.3 Å². The van der Waals surface area contributed by atoms with E-state index in [1.807, 2.05) is 12.3 Å². The van der Waals surface area contributed by atoms with Gasteiger partial charge in [-0.1, -0.05) is 0 Å². The van der Waals surface area contributed by atoms with E-state index in [0.717, 1.165) is 10.7 Å². The Morgan fingerprint density at radius 2 is 2.44 bits per heavy atom. The molecule has 16 heavy (non-hydrogen) atoms. The van der Waals surface area contributed by atoms with Gasteiger partial charge in [-0.25, -0.2) is 4.98 Å². The highest BCUT2D eigenvalue weighted by atomic mass is 32.1. The molecule has 1 aromatic rings. The summed E-state index contributed by atoms with van der Waals surface area (Å²) in [5.41, 5.74) is 0.858. The molecule has 0 radical (unpaired) electrons. The van der Waals surface area contributed by atoms with E-state index in [1.165, 1.54) is 12.8 Å². The summed E-state index contributed by atoms with van der Waals surface area (Å²) in [6.07, 6.45) is 5.82. The number of carbonyl (C=O) groups is 1. The van der Waals surface area contributed by atoms with Gasteiger partial charge in [0.15, 0.2) is 0 Å². The monoisotopic (exact) mass is 236 g/mol. The first-order chi connectivity index (χ1) is 7.65. The highest BCUT2D eigenvalue weighted by Gasteiger charge is 2.28. The number of aromatic nitrogens is 1. The van der Waals surface area contributed by atoms with Crippen LogP contribution in [0.2, 0.25) is 0 Å². The van der Waals surface area contributed by atoms with Crippen LogP contribution in [-0.2, 0) is 4.79 Å². The summed E-state index contributed by atoms with van der Waals surface area (Å²) in [6, 6.07) is 0.300. The lowest BCUT2D eigenvalue weighted by molar-refractivity contribution is -0.117. The molecule has 4 heteroatoms. The third-order valence-corrected chi connectivity index (χ3v) is 3.53. The Balaban J connectivity index is 1.84. The van der Waals surface area contributed by atoms with Crippen molar-refractivity contribution < 1.29 is 4.79 Å². The second-order valence-electron chi connectivity index (χ2n) is 4.26. The number of aryl methyl sites for hydroxylation is 1. The number of hydrogen-bond donors (Lipinski definition) is 1. The van der Waals surface area contributed by atoms with Crippen molar-refractivity contribution in [1.29, 1.82) is 0 Å². The summed E-state index contributed by atoms with van der Waals surface area (Å²) in [6.45, 7) is 4.02. The van der Waals surface area contributed by atoms with Crippen LogP contribution in [0.15, 0.2) is 11.5 Å². The minimum Gasteiger partial charge on any atom is -0.350 e. The van der Waals surface area contributed by atoms with Gasteiger partial charge in [-0.15, -0.1) is 11.3 Å². The third kappa shape index (κ3) is 3.17. The molecule has 0 saturated heterocycles. The zero-order valence-corrected chi connectivity index (χ0v) is 10.4. The van der Waals surface area contributed by atoms with E-state index in [2.05, 4.69) is 17.2 Å². The lowest BCUT2D eigenvalue weighted by atomic mass is 10.2. The molecule has 1 fully saturated rings. The maximum atomic E-state index is 11.5. The summed E-state index contributed by atoms with van der Waals surface area (Å²) in [7, 11) is 0. The van der Waals surface area contributed by atoms with Gasteiger partial charge in [0, 0.05) is 17.5 Å². The maximum Gasteiger partial charge on any atom is 0.244 e. The quantitative estimate of drug-likeness (QED) is 0.816. The topological polar surface area (TPSA) is 42.0 Å². The average Bonchev–Trinajstić information content (AvgIpc) is 3.00. The molecule has 1 aromatic heterocycles. The number of thiazole rings is 1. The van der Waals surface area contributed by atoms with E-state index in [1.54, 1.807) is 23.5 Å². The van der Waals surface area contributed by atoms with Crippen molar-refractivity contribution in [3.05, 3.63) is 22.2 Å². The lowest BCUT2D eigenvalue weighted by Gasteiger charge is -2.09. The Kier molecular flexibility index (Phi) is 3.39. The lowest BCUT2D eigenvalue weighted by Crippen LogP contribution is -2.32. The molecule has 3 nitrogen and oxygen atoms in total. The van der Waals surface area contributed by atoms with Gasteiger partial charge >= 0.3 is 0 Å². The van der Waals surface area contributed by atoms with Crippen LogP contribution < -0.4 is 5.32 Å². The maximum absolute atomic E-state index is 11.5. The van der Waals surface area contributed by atoms with Gasteiger partial charge < -0.3 is 5.32 Å². The molecule has 1 unspecified atom stereocenters. The number of hydrogen-bond acceptors (Lipinski definition) is 3. The van der Waals surface area contributed by atoms with Crippen LogP contribution in [-0.4, -0.2) is 16.9 Å². The molecule has 1 aliphatic rings. The first-order valence-corrected chi connectivity index (χ1v) is 6.44.